The zero-order chi connectivity index (χ0) is 8.55. The number of hydrogen-bond donors (Lipinski definition) is 1. The fourth-order valence-electron chi connectivity index (χ4n) is 1.05. The molecule has 0 aromatic carbocycles. The lowest BCUT2D eigenvalue weighted by Crippen LogP contribution is -2.14. The molecule has 4 nitrogen and oxygen atoms in total. The first kappa shape index (κ1) is 7.36. The van der Waals surface area contributed by atoms with Gasteiger partial charge in [-0.2, -0.15) is 0 Å². The van der Waals surface area contributed by atoms with Gasteiger partial charge in [0.2, 0.25) is 0 Å². The summed E-state index contributed by atoms with van der Waals surface area (Å²) >= 11 is 5.55. The summed E-state index contributed by atoms with van der Waals surface area (Å²) in [5, 5.41) is 2.74. The first-order valence-corrected chi connectivity index (χ1v) is 3.97. The van der Waals surface area contributed by atoms with Gasteiger partial charge < -0.3 is 0 Å². The van der Waals surface area contributed by atoms with Crippen LogP contribution in [-0.2, 0) is 5.88 Å². The Bertz CT molecular complexity index is 459. The van der Waals surface area contributed by atoms with Crippen LogP contribution < -0.4 is 5.56 Å². The molecular weight excluding hydrogens is 178 g/mol. The maximum Gasteiger partial charge on any atom is 0.272 e. The van der Waals surface area contributed by atoms with Crippen LogP contribution in [0, 0.1) is 0 Å². The van der Waals surface area contributed by atoms with Crippen molar-refractivity contribution in [2.24, 2.45) is 0 Å². The number of nitrogens with one attached hydrogen (secondary N) is 1. The van der Waals surface area contributed by atoms with Crippen molar-refractivity contribution >= 4 is 17.2 Å². The smallest absolute Gasteiger partial charge is 0.272 e. The summed E-state index contributed by atoms with van der Waals surface area (Å²) in [6.45, 7) is 0. The summed E-state index contributed by atoms with van der Waals surface area (Å²) in [5.41, 5.74) is 1.06. The molecule has 0 aliphatic rings. The zero-order valence-corrected chi connectivity index (χ0v) is 6.88. The normalized spacial score (nSPS) is 10.8. The van der Waals surface area contributed by atoms with Crippen LogP contribution in [0.15, 0.2) is 23.1 Å². The number of rotatable bonds is 1. The summed E-state index contributed by atoms with van der Waals surface area (Å²) in [6, 6.07) is 3.13. The highest BCUT2D eigenvalue weighted by atomic mass is 35.5. The van der Waals surface area contributed by atoms with Crippen LogP contribution in [0.2, 0.25) is 0 Å². The maximum atomic E-state index is 11.3. The van der Waals surface area contributed by atoms with Crippen molar-refractivity contribution in [2.75, 3.05) is 0 Å². The SMILES string of the molecule is O=c1cc(CCl)nc2cc[nH]n12. The molecule has 0 saturated carbocycles. The molecule has 0 aliphatic heterocycles. The Morgan fingerprint density at radius 3 is 3.25 bits per heavy atom. The summed E-state index contributed by atoms with van der Waals surface area (Å²) in [6.07, 6.45) is 1.65. The highest BCUT2D eigenvalue weighted by molar-refractivity contribution is 6.16. The van der Waals surface area contributed by atoms with Gasteiger partial charge >= 0.3 is 0 Å². The number of aromatic amines is 1. The van der Waals surface area contributed by atoms with E-state index in [1.165, 1.54) is 10.6 Å². The number of hydrogen-bond acceptors (Lipinski definition) is 2. The van der Waals surface area contributed by atoms with Crippen LogP contribution in [0.1, 0.15) is 5.69 Å². The third-order valence-corrected chi connectivity index (χ3v) is 1.84. The first-order valence-electron chi connectivity index (χ1n) is 3.43. The van der Waals surface area contributed by atoms with Gasteiger partial charge in [-0.3, -0.25) is 9.89 Å². The lowest BCUT2D eigenvalue weighted by Gasteiger charge is -1.94. The molecule has 0 fully saturated rings. The van der Waals surface area contributed by atoms with Gasteiger partial charge in [-0.1, -0.05) is 0 Å². The minimum Gasteiger partial charge on any atom is -0.297 e. The van der Waals surface area contributed by atoms with Gasteiger partial charge in [0, 0.05) is 18.3 Å². The topological polar surface area (TPSA) is 50.2 Å². The minimum atomic E-state index is -0.138. The number of alkyl halides is 1. The van der Waals surface area contributed by atoms with Crippen LogP contribution in [-0.4, -0.2) is 14.6 Å². The van der Waals surface area contributed by atoms with E-state index in [1.807, 2.05) is 0 Å². The lowest BCUT2D eigenvalue weighted by molar-refractivity contribution is 0.888. The van der Waals surface area contributed by atoms with E-state index >= 15 is 0 Å². The zero-order valence-electron chi connectivity index (χ0n) is 6.12. The van der Waals surface area contributed by atoms with E-state index < -0.39 is 0 Å². The molecule has 0 unspecified atom stereocenters. The Balaban J connectivity index is 2.84. The average molecular weight is 184 g/mol. The molecule has 5 heteroatoms. The predicted octanol–water partition coefficient (Wildman–Crippen LogP) is 0.761. The van der Waals surface area contributed by atoms with Crippen LogP contribution in [0.25, 0.3) is 5.65 Å². The largest absolute Gasteiger partial charge is 0.297 e. The monoisotopic (exact) mass is 183 g/mol. The molecular formula is C7H6ClN3O. The molecule has 62 valence electrons. The van der Waals surface area contributed by atoms with E-state index in [0.717, 1.165) is 0 Å². The Labute approximate surface area is 72.8 Å². The summed E-state index contributed by atoms with van der Waals surface area (Å²) in [4.78, 5) is 15.4. The molecule has 12 heavy (non-hydrogen) atoms. The Hall–Kier alpha value is -1.29. The summed E-state index contributed by atoms with van der Waals surface area (Å²) in [7, 11) is 0. The van der Waals surface area contributed by atoms with Crippen LogP contribution in [0.5, 0.6) is 0 Å². The Kier molecular flexibility index (Phi) is 1.62. The van der Waals surface area contributed by atoms with Gasteiger partial charge in [0.05, 0.1) is 11.6 Å². The van der Waals surface area contributed by atoms with E-state index in [9.17, 15) is 4.79 Å². The highest BCUT2D eigenvalue weighted by Crippen LogP contribution is 1.99. The number of halogens is 1. The van der Waals surface area contributed by atoms with Crippen molar-refractivity contribution in [3.8, 4) is 0 Å². The molecule has 0 aliphatic carbocycles. The van der Waals surface area contributed by atoms with Crippen molar-refractivity contribution in [3.05, 3.63) is 34.4 Å². The molecule has 2 rings (SSSR count). The minimum absolute atomic E-state index is 0.138. The highest BCUT2D eigenvalue weighted by Gasteiger charge is 2.00. The molecule has 0 bridgehead atoms. The van der Waals surface area contributed by atoms with Crippen molar-refractivity contribution in [1.82, 2.24) is 14.6 Å². The van der Waals surface area contributed by atoms with Crippen molar-refractivity contribution < 1.29 is 0 Å². The third-order valence-electron chi connectivity index (χ3n) is 1.57. The molecule has 2 aromatic heterocycles. The van der Waals surface area contributed by atoms with E-state index in [0.29, 0.717) is 11.3 Å². The second-order valence-electron chi connectivity index (χ2n) is 2.38. The first-order chi connectivity index (χ1) is 5.81. The fraction of sp³-hybridized carbons (Fsp3) is 0.143. The predicted molar refractivity (Wildman–Crippen MR) is 45.4 cm³/mol. The van der Waals surface area contributed by atoms with E-state index in [1.54, 1.807) is 12.3 Å². The molecule has 2 heterocycles. The third kappa shape index (κ3) is 1.00. The summed E-state index contributed by atoms with van der Waals surface area (Å²) < 4.78 is 1.36. The van der Waals surface area contributed by atoms with Crippen molar-refractivity contribution in [2.45, 2.75) is 5.88 Å². The number of nitrogens with zero attached hydrogens (tertiary/aromatic N) is 2. The standard InChI is InChI=1S/C7H6ClN3O/c8-4-5-3-7(12)11-6(10-5)1-2-9-11/h1-3,9H,4H2. The van der Waals surface area contributed by atoms with Gasteiger partial charge in [-0.15, -0.1) is 11.6 Å². The number of aromatic nitrogens is 3. The van der Waals surface area contributed by atoms with Gasteiger partial charge in [0.15, 0.2) is 5.65 Å². The van der Waals surface area contributed by atoms with Gasteiger partial charge in [-0.05, 0) is 0 Å². The number of H-pyrrole nitrogens is 1. The molecule has 0 saturated heterocycles. The molecule has 0 spiro atoms. The van der Waals surface area contributed by atoms with Gasteiger partial charge in [0.25, 0.3) is 5.56 Å². The second-order valence-corrected chi connectivity index (χ2v) is 2.64. The quantitative estimate of drug-likeness (QED) is 0.664. The second kappa shape index (κ2) is 2.64. The van der Waals surface area contributed by atoms with Crippen LogP contribution >= 0.6 is 11.6 Å². The van der Waals surface area contributed by atoms with E-state index in [4.69, 9.17) is 11.6 Å². The van der Waals surface area contributed by atoms with Crippen LogP contribution in [0.4, 0.5) is 0 Å². The van der Waals surface area contributed by atoms with Crippen LogP contribution in [0.3, 0.4) is 0 Å². The van der Waals surface area contributed by atoms with Gasteiger partial charge in [0.1, 0.15) is 0 Å². The van der Waals surface area contributed by atoms with E-state index in [2.05, 4.69) is 10.1 Å². The number of fused-ring (bicyclic) bond motifs is 1. The maximum absolute atomic E-state index is 11.3. The van der Waals surface area contributed by atoms with Crippen molar-refractivity contribution in [1.29, 1.82) is 0 Å². The Morgan fingerprint density at radius 2 is 2.50 bits per heavy atom. The molecule has 2 aromatic rings. The summed E-state index contributed by atoms with van der Waals surface area (Å²) in [5.74, 6) is 0.261. The van der Waals surface area contributed by atoms with E-state index in [-0.39, 0.29) is 11.4 Å². The van der Waals surface area contributed by atoms with Gasteiger partial charge in [-0.25, -0.2) is 9.50 Å². The van der Waals surface area contributed by atoms with Crippen molar-refractivity contribution in [3.63, 3.8) is 0 Å². The molecule has 0 radical (unpaired) electrons. The molecule has 0 amide bonds. The Morgan fingerprint density at radius 1 is 1.67 bits per heavy atom. The molecule has 0 atom stereocenters. The average Bonchev–Trinajstić information content (AvgIpc) is 2.52. The molecule has 1 N–H and O–H groups in total. The fourth-order valence-corrected chi connectivity index (χ4v) is 1.18. The lowest BCUT2D eigenvalue weighted by atomic mass is 10.4.